The number of amides is 1. The standard InChI is InChI=1S/C22H29N3O.ClH/c23-15-18-9-11-19(12-10-18)22(26)24-16-20-7-3-4-8-21(20)17-25-13-5-1-2-6-14-25;/h3-4,7-12H,1-2,5-6,13-17,23H2,(H,24,26);1H. The summed E-state index contributed by atoms with van der Waals surface area (Å²) in [4.78, 5) is 15.0. The Balaban J connectivity index is 0.00000261. The van der Waals surface area contributed by atoms with Crippen molar-refractivity contribution in [2.45, 2.75) is 45.3 Å². The zero-order valence-electron chi connectivity index (χ0n) is 15.8. The number of hydrogen-bond acceptors (Lipinski definition) is 3. The molecule has 0 aliphatic carbocycles. The molecule has 0 atom stereocenters. The average molecular weight is 388 g/mol. The number of likely N-dealkylation sites (tertiary alicyclic amines) is 1. The Bertz CT molecular complexity index is 710. The van der Waals surface area contributed by atoms with Crippen LogP contribution in [0, 0.1) is 0 Å². The van der Waals surface area contributed by atoms with E-state index in [-0.39, 0.29) is 18.3 Å². The fourth-order valence-electron chi connectivity index (χ4n) is 3.49. The summed E-state index contributed by atoms with van der Waals surface area (Å²) in [6, 6.07) is 15.9. The van der Waals surface area contributed by atoms with Gasteiger partial charge in [0.25, 0.3) is 5.91 Å². The fraction of sp³-hybridized carbons (Fsp3) is 0.409. The van der Waals surface area contributed by atoms with E-state index >= 15 is 0 Å². The highest BCUT2D eigenvalue weighted by Crippen LogP contribution is 2.16. The largest absolute Gasteiger partial charge is 0.348 e. The molecule has 0 saturated carbocycles. The summed E-state index contributed by atoms with van der Waals surface area (Å²) in [7, 11) is 0. The lowest BCUT2D eigenvalue weighted by Crippen LogP contribution is -2.26. The molecule has 3 rings (SSSR count). The van der Waals surface area contributed by atoms with E-state index in [1.54, 1.807) is 0 Å². The number of rotatable bonds is 6. The van der Waals surface area contributed by atoms with E-state index in [0.717, 1.165) is 12.1 Å². The van der Waals surface area contributed by atoms with Crippen LogP contribution < -0.4 is 11.1 Å². The maximum absolute atomic E-state index is 12.4. The first-order valence-corrected chi connectivity index (χ1v) is 9.62. The summed E-state index contributed by atoms with van der Waals surface area (Å²) in [5.41, 5.74) is 9.83. The van der Waals surface area contributed by atoms with E-state index in [0.29, 0.717) is 18.7 Å². The highest BCUT2D eigenvalue weighted by atomic mass is 35.5. The summed E-state index contributed by atoms with van der Waals surface area (Å²) >= 11 is 0. The van der Waals surface area contributed by atoms with E-state index in [2.05, 4.69) is 28.4 Å². The van der Waals surface area contributed by atoms with E-state index in [9.17, 15) is 4.79 Å². The van der Waals surface area contributed by atoms with Gasteiger partial charge in [0.2, 0.25) is 0 Å². The molecular weight excluding hydrogens is 358 g/mol. The maximum atomic E-state index is 12.4. The van der Waals surface area contributed by atoms with Crippen molar-refractivity contribution < 1.29 is 4.79 Å². The monoisotopic (exact) mass is 387 g/mol. The molecule has 1 aliphatic rings. The molecule has 27 heavy (non-hydrogen) atoms. The van der Waals surface area contributed by atoms with Crippen molar-refractivity contribution in [1.29, 1.82) is 0 Å². The summed E-state index contributed by atoms with van der Waals surface area (Å²) in [5.74, 6) is -0.0434. The number of carbonyl (C=O) groups is 1. The Hall–Kier alpha value is -1.88. The van der Waals surface area contributed by atoms with Crippen LogP contribution in [0.1, 0.15) is 52.7 Å². The van der Waals surface area contributed by atoms with Crippen LogP contribution in [-0.2, 0) is 19.6 Å². The normalized spacial score (nSPS) is 14.9. The number of benzene rings is 2. The average Bonchev–Trinajstić information content (AvgIpc) is 2.96. The van der Waals surface area contributed by atoms with Crippen LogP contribution in [0.3, 0.4) is 0 Å². The quantitative estimate of drug-likeness (QED) is 0.790. The SMILES string of the molecule is Cl.NCc1ccc(C(=O)NCc2ccccc2CN2CCCCCC2)cc1. The second-order valence-electron chi connectivity index (χ2n) is 7.04. The van der Waals surface area contributed by atoms with E-state index in [1.807, 2.05) is 30.3 Å². The van der Waals surface area contributed by atoms with Crippen LogP contribution in [-0.4, -0.2) is 23.9 Å². The van der Waals surface area contributed by atoms with Gasteiger partial charge in [-0.3, -0.25) is 9.69 Å². The van der Waals surface area contributed by atoms with Gasteiger partial charge in [-0.2, -0.15) is 0 Å². The molecule has 5 heteroatoms. The van der Waals surface area contributed by atoms with E-state index in [4.69, 9.17) is 5.73 Å². The molecule has 0 spiro atoms. The van der Waals surface area contributed by atoms with Gasteiger partial charge >= 0.3 is 0 Å². The van der Waals surface area contributed by atoms with Crippen molar-refractivity contribution in [3.8, 4) is 0 Å². The van der Waals surface area contributed by atoms with Crippen LogP contribution >= 0.6 is 12.4 Å². The van der Waals surface area contributed by atoms with Gasteiger partial charge in [0.05, 0.1) is 0 Å². The molecule has 0 bridgehead atoms. The molecule has 1 fully saturated rings. The Morgan fingerprint density at radius 2 is 1.56 bits per heavy atom. The van der Waals surface area contributed by atoms with Gasteiger partial charge < -0.3 is 11.1 Å². The maximum Gasteiger partial charge on any atom is 0.251 e. The molecule has 0 unspecified atom stereocenters. The predicted octanol–water partition coefficient (Wildman–Crippen LogP) is 3.87. The lowest BCUT2D eigenvalue weighted by molar-refractivity contribution is 0.0950. The third-order valence-electron chi connectivity index (χ3n) is 5.10. The van der Waals surface area contributed by atoms with Crippen LogP contribution in [0.25, 0.3) is 0 Å². The second kappa shape index (κ2) is 11.1. The van der Waals surface area contributed by atoms with Crippen molar-refractivity contribution in [3.63, 3.8) is 0 Å². The molecule has 0 aromatic heterocycles. The number of carbonyl (C=O) groups excluding carboxylic acids is 1. The Labute approximate surface area is 168 Å². The molecule has 1 heterocycles. The fourth-order valence-corrected chi connectivity index (χ4v) is 3.49. The highest BCUT2D eigenvalue weighted by molar-refractivity contribution is 5.94. The topological polar surface area (TPSA) is 58.4 Å². The number of nitrogens with zero attached hydrogens (tertiary/aromatic N) is 1. The van der Waals surface area contributed by atoms with Gasteiger partial charge in [0.1, 0.15) is 0 Å². The minimum absolute atomic E-state index is 0. The molecule has 4 nitrogen and oxygen atoms in total. The van der Waals surface area contributed by atoms with Gasteiger partial charge in [-0.1, -0.05) is 49.2 Å². The molecular formula is C22H30ClN3O. The number of nitrogens with one attached hydrogen (secondary N) is 1. The van der Waals surface area contributed by atoms with Crippen LogP contribution in [0.15, 0.2) is 48.5 Å². The summed E-state index contributed by atoms with van der Waals surface area (Å²) in [5, 5.41) is 3.05. The van der Waals surface area contributed by atoms with Crippen LogP contribution in [0.4, 0.5) is 0 Å². The zero-order valence-corrected chi connectivity index (χ0v) is 16.6. The predicted molar refractivity (Wildman–Crippen MR) is 113 cm³/mol. The first kappa shape index (κ1) is 21.4. The lowest BCUT2D eigenvalue weighted by atomic mass is 10.1. The summed E-state index contributed by atoms with van der Waals surface area (Å²) in [6.07, 6.45) is 5.27. The summed E-state index contributed by atoms with van der Waals surface area (Å²) in [6.45, 7) is 4.37. The number of hydrogen-bond donors (Lipinski definition) is 2. The molecule has 1 aliphatic heterocycles. The van der Waals surface area contributed by atoms with Gasteiger partial charge in [-0.25, -0.2) is 0 Å². The van der Waals surface area contributed by atoms with Gasteiger partial charge in [0.15, 0.2) is 0 Å². The van der Waals surface area contributed by atoms with Crippen molar-refractivity contribution in [3.05, 3.63) is 70.8 Å². The van der Waals surface area contributed by atoms with Crippen molar-refractivity contribution in [2.24, 2.45) is 5.73 Å². The van der Waals surface area contributed by atoms with E-state index < -0.39 is 0 Å². The molecule has 1 saturated heterocycles. The number of halogens is 1. The Morgan fingerprint density at radius 1 is 0.926 bits per heavy atom. The first-order chi connectivity index (χ1) is 12.8. The molecule has 0 radical (unpaired) electrons. The van der Waals surface area contributed by atoms with Crippen LogP contribution in [0.5, 0.6) is 0 Å². The van der Waals surface area contributed by atoms with Crippen molar-refractivity contribution in [2.75, 3.05) is 13.1 Å². The Morgan fingerprint density at radius 3 is 2.19 bits per heavy atom. The van der Waals surface area contributed by atoms with Gasteiger partial charge in [-0.15, -0.1) is 12.4 Å². The van der Waals surface area contributed by atoms with Gasteiger partial charge in [0, 0.05) is 25.2 Å². The molecule has 2 aromatic carbocycles. The summed E-state index contributed by atoms with van der Waals surface area (Å²) < 4.78 is 0. The first-order valence-electron chi connectivity index (χ1n) is 9.62. The zero-order chi connectivity index (χ0) is 18.2. The lowest BCUT2D eigenvalue weighted by Gasteiger charge is -2.21. The minimum atomic E-state index is -0.0434. The van der Waals surface area contributed by atoms with Crippen molar-refractivity contribution >= 4 is 18.3 Å². The molecule has 146 valence electrons. The molecule has 2 aromatic rings. The smallest absolute Gasteiger partial charge is 0.251 e. The number of nitrogens with two attached hydrogens (primary N) is 1. The van der Waals surface area contributed by atoms with Gasteiger partial charge in [-0.05, 0) is 54.8 Å². The molecule has 3 N–H and O–H groups in total. The minimum Gasteiger partial charge on any atom is -0.348 e. The molecule has 1 amide bonds. The highest BCUT2D eigenvalue weighted by Gasteiger charge is 2.12. The Kier molecular flexibility index (Phi) is 8.79. The van der Waals surface area contributed by atoms with Crippen LogP contribution in [0.2, 0.25) is 0 Å². The van der Waals surface area contributed by atoms with E-state index in [1.165, 1.54) is 49.9 Å². The second-order valence-corrected chi connectivity index (χ2v) is 7.04. The van der Waals surface area contributed by atoms with Crippen molar-refractivity contribution in [1.82, 2.24) is 10.2 Å². The third kappa shape index (κ3) is 6.35. The third-order valence-corrected chi connectivity index (χ3v) is 5.10.